The fourth-order valence-electron chi connectivity index (χ4n) is 3.94. The summed E-state index contributed by atoms with van der Waals surface area (Å²) in [7, 11) is 0. The number of aromatic nitrogens is 1. The van der Waals surface area contributed by atoms with Gasteiger partial charge in [-0.05, 0) is 35.7 Å². The zero-order valence-corrected chi connectivity index (χ0v) is 14.2. The van der Waals surface area contributed by atoms with E-state index in [1.165, 1.54) is 24.4 Å². The van der Waals surface area contributed by atoms with Crippen LogP contribution in [0.1, 0.15) is 22.1 Å². The molecule has 2 aromatic rings. The molecule has 3 heterocycles. The molecule has 5 nitrogen and oxygen atoms in total. The topological polar surface area (TPSA) is 65.5 Å². The van der Waals surface area contributed by atoms with Crippen molar-refractivity contribution in [3.8, 4) is 5.75 Å². The van der Waals surface area contributed by atoms with Crippen LogP contribution in [0.15, 0.2) is 42.6 Å². The molecule has 4 rings (SSSR count). The van der Waals surface area contributed by atoms with E-state index in [4.69, 9.17) is 0 Å². The van der Waals surface area contributed by atoms with Crippen molar-refractivity contribution in [2.45, 2.75) is 6.04 Å². The third-order valence-corrected chi connectivity index (χ3v) is 5.00. The van der Waals surface area contributed by atoms with Gasteiger partial charge < -0.3 is 15.3 Å². The zero-order valence-electron chi connectivity index (χ0n) is 13.4. The van der Waals surface area contributed by atoms with Crippen molar-refractivity contribution in [1.29, 1.82) is 0 Å². The van der Waals surface area contributed by atoms with Crippen LogP contribution in [0.3, 0.4) is 0 Å². The summed E-state index contributed by atoms with van der Waals surface area (Å²) in [5.74, 6) is -0.183. The molecule has 1 aromatic carbocycles. The van der Waals surface area contributed by atoms with Gasteiger partial charge in [0.25, 0.3) is 5.91 Å². The number of amides is 1. The first-order valence-electron chi connectivity index (χ1n) is 8.06. The maximum absolute atomic E-state index is 13.7. The predicted octanol–water partition coefficient (Wildman–Crippen LogP) is 2.38. The summed E-state index contributed by atoms with van der Waals surface area (Å²) >= 11 is 0. The Bertz CT molecular complexity index is 788. The Morgan fingerprint density at radius 2 is 2.12 bits per heavy atom. The first-order chi connectivity index (χ1) is 11.6. The second-order valence-corrected chi connectivity index (χ2v) is 6.41. The largest absolute Gasteiger partial charge is 0.505 e. The second kappa shape index (κ2) is 6.98. The van der Waals surface area contributed by atoms with E-state index in [0.717, 1.165) is 18.7 Å². The maximum atomic E-state index is 13.7. The summed E-state index contributed by atoms with van der Waals surface area (Å²) in [4.78, 5) is 18.7. The quantitative estimate of drug-likeness (QED) is 0.859. The lowest BCUT2D eigenvalue weighted by molar-refractivity contribution is 0.0704. The number of carbonyl (C=O) groups is 1. The molecule has 2 saturated heterocycles. The number of nitrogens with zero attached hydrogens (tertiary/aromatic N) is 2. The Labute approximate surface area is 151 Å². The number of benzene rings is 1. The third-order valence-electron chi connectivity index (χ3n) is 5.00. The zero-order chi connectivity index (χ0) is 16.7. The smallest absolute Gasteiger partial charge is 0.276 e. The van der Waals surface area contributed by atoms with Gasteiger partial charge in [0.05, 0.1) is 6.04 Å². The molecule has 0 spiro atoms. The number of pyridine rings is 1. The van der Waals surface area contributed by atoms with Gasteiger partial charge in [-0.3, -0.25) is 4.79 Å². The minimum absolute atomic E-state index is 0. The molecule has 2 aliphatic heterocycles. The summed E-state index contributed by atoms with van der Waals surface area (Å²) in [6.45, 7) is 2.21. The van der Waals surface area contributed by atoms with Crippen LogP contribution in [0.25, 0.3) is 0 Å². The van der Waals surface area contributed by atoms with Crippen LogP contribution in [-0.2, 0) is 0 Å². The molecule has 132 valence electrons. The molecule has 0 aliphatic carbocycles. The molecular formula is C18H19ClFN3O2. The third kappa shape index (κ3) is 3.07. The lowest BCUT2D eigenvalue weighted by Gasteiger charge is -2.28. The monoisotopic (exact) mass is 363 g/mol. The van der Waals surface area contributed by atoms with Crippen molar-refractivity contribution >= 4 is 18.3 Å². The molecule has 1 amide bonds. The number of fused-ring (bicyclic) bond motifs is 1. The van der Waals surface area contributed by atoms with Crippen molar-refractivity contribution in [1.82, 2.24) is 15.2 Å². The molecule has 2 N–H and O–H groups in total. The maximum Gasteiger partial charge on any atom is 0.276 e. The van der Waals surface area contributed by atoms with Crippen LogP contribution < -0.4 is 5.32 Å². The van der Waals surface area contributed by atoms with Crippen molar-refractivity contribution < 1.29 is 14.3 Å². The van der Waals surface area contributed by atoms with Crippen molar-refractivity contribution in [2.24, 2.45) is 11.8 Å². The highest BCUT2D eigenvalue weighted by Gasteiger charge is 2.47. The molecule has 0 saturated carbocycles. The average molecular weight is 364 g/mol. The predicted molar refractivity (Wildman–Crippen MR) is 93.2 cm³/mol. The molecule has 3 atom stereocenters. The highest BCUT2D eigenvalue weighted by Crippen LogP contribution is 2.43. The van der Waals surface area contributed by atoms with Gasteiger partial charge >= 0.3 is 0 Å². The van der Waals surface area contributed by atoms with E-state index in [1.807, 2.05) is 6.07 Å². The fraction of sp³-hybridized carbons (Fsp3) is 0.333. The number of nitrogens with one attached hydrogen (secondary N) is 1. The van der Waals surface area contributed by atoms with Crippen molar-refractivity contribution in [3.05, 3.63) is 59.7 Å². The van der Waals surface area contributed by atoms with Gasteiger partial charge in [0.1, 0.15) is 11.6 Å². The summed E-state index contributed by atoms with van der Waals surface area (Å²) in [6, 6.07) is 9.24. The Kier molecular flexibility index (Phi) is 4.92. The number of hydrogen-bond donors (Lipinski definition) is 2. The molecule has 0 radical (unpaired) electrons. The van der Waals surface area contributed by atoms with E-state index < -0.39 is 0 Å². The highest BCUT2D eigenvalue weighted by atomic mass is 35.5. The summed E-state index contributed by atoms with van der Waals surface area (Å²) in [5.41, 5.74) is 0.835. The van der Waals surface area contributed by atoms with E-state index in [0.29, 0.717) is 12.5 Å². The average Bonchev–Trinajstić information content (AvgIpc) is 3.15. The van der Waals surface area contributed by atoms with Crippen LogP contribution in [0.5, 0.6) is 5.75 Å². The van der Waals surface area contributed by atoms with Crippen LogP contribution in [0.4, 0.5) is 4.39 Å². The van der Waals surface area contributed by atoms with Gasteiger partial charge in [0.15, 0.2) is 5.69 Å². The van der Waals surface area contributed by atoms with E-state index in [1.54, 1.807) is 17.0 Å². The van der Waals surface area contributed by atoms with Gasteiger partial charge in [0.2, 0.25) is 0 Å². The van der Waals surface area contributed by atoms with Gasteiger partial charge in [-0.2, -0.15) is 0 Å². The normalized spacial score (nSPS) is 24.7. The Morgan fingerprint density at radius 3 is 2.88 bits per heavy atom. The molecular weight excluding hydrogens is 345 g/mol. The number of rotatable bonds is 2. The summed E-state index contributed by atoms with van der Waals surface area (Å²) in [5, 5.41) is 13.3. The SMILES string of the molecule is Cl.O=C(c1ncccc1O)N1C[C@@H]2CNC[C@@H]2[C@H]1c1cccc(F)c1. The lowest BCUT2D eigenvalue weighted by atomic mass is 9.89. The fourth-order valence-corrected chi connectivity index (χ4v) is 3.94. The van der Waals surface area contributed by atoms with Gasteiger partial charge in [0, 0.05) is 31.7 Å². The van der Waals surface area contributed by atoms with Gasteiger partial charge in [-0.25, -0.2) is 9.37 Å². The number of likely N-dealkylation sites (tertiary alicyclic amines) is 1. The highest BCUT2D eigenvalue weighted by molar-refractivity contribution is 5.95. The van der Waals surface area contributed by atoms with Crippen LogP contribution in [0.2, 0.25) is 0 Å². The van der Waals surface area contributed by atoms with Crippen molar-refractivity contribution in [3.63, 3.8) is 0 Å². The number of hydrogen-bond acceptors (Lipinski definition) is 4. The molecule has 2 fully saturated rings. The second-order valence-electron chi connectivity index (χ2n) is 6.41. The lowest BCUT2D eigenvalue weighted by Crippen LogP contribution is -2.35. The standard InChI is InChI=1S/C18H18FN3O2.ClH/c19-13-4-1-3-11(7-13)17-14-9-20-8-12(14)10-22(17)18(24)16-15(23)5-2-6-21-16;/h1-7,12,14,17,20,23H,8-10H2;1H/t12-,14-,17+;/m0./s1. The Hall–Kier alpha value is -2.18. The number of halogens is 2. The minimum Gasteiger partial charge on any atom is -0.505 e. The van der Waals surface area contributed by atoms with Crippen molar-refractivity contribution in [2.75, 3.05) is 19.6 Å². The van der Waals surface area contributed by atoms with E-state index in [2.05, 4.69) is 10.3 Å². The summed E-state index contributed by atoms with van der Waals surface area (Å²) in [6.07, 6.45) is 1.49. The number of aromatic hydroxyl groups is 1. The van der Waals surface area contributed by atoms with E-state index >= 15 is 0 Å². The molecule has 0 bridgehead atoms. The Morgan fingerprint density at radius 1 is 1.28 bits per heavy atom. The Balaban J connectivity index is 0.00000182. The van der Waals surface area contributed by atoms with Crippen LogP contribution in [0, 0.1) is 17.7 Å². The molecule has 1 aromatic heterocycles. The van der Waals surface area contributed by atoms with Crippen LogP contribution in [-0.4, -0.2) is 40.5 Å². The minimum atomic E-state index is -0.310. The first-order valence-corrected chi connectivity index (χ1v) is 8.06. The van der Waals surface area contributed by atoms with E-state index in [-0.39, 0.29) is 47.5 Å². The van der Waals surface area contributed by atoms with Gasteiger partial charge in [-0.15, -0.1) is 12.4 Å². The van der Waals surface area contributed by atoms with E-state index in [9.17, 15) is 14.3 Å². The molecule has 0 unspecified atom stereocenters. The number of carbonyl (C=O) groups excluding carboxylic acids is 1. The molecule has 25 heavy (non-hydrogen) atoms. The van der Waals surface area contributed by atoms with Crippen LogP contribution >= 0.6 is 12.4 Å². The molecule has 7 heteroatoms. The first kappa shape index (κ1) is 17.6. The van der Waals surface area contributed by atoms with Gasteiger partial charge in [-0.1, -0.05) is 12.1 Å². The summed E-state index contributed by atoms with van der Waals surface area (Å²) < 4.78 is 13.7. The molecule has 2 aliphatic rings.